The number of ether oxygens (including phenoxy) is 1. The van der Waals surface area contributed by atoms with Gasteiger partial charge >= 0.3 is 0 Å². The molecular formula is C17H20F2O2. The number of Topliss-reactive ketones (excluding diaryl/α,β-unsaturated/α-hetero) is 1. The number of carbonyl (C=O) groups is 1. The standard InChI is InChI=1S/C17H20F2O2/c1-21-17-15(18)8-13(9-16(17)19)11-2-3-12-7-14(20)5-4-10(12)6-11/h8-12H,2-7H2,1H3. The third-order valence-corrected chi connectivity index (χ3v) is 5.12. The van der Waals surface area contributed by atoms with Crippen molar-refractivity contribution >= 4 is 5.78 Å². The van der Waals surface area contributed by atoms with Gasteiger partial charge in [0.05, 0.1) is 7.11 Å². The fourth-order valence-electron chi connectivity index (χ4n) is 4.00. The van der Waals surface area contributed by atoms with Crippen LogP contribution in [0.1, 0.15) is 50.0 Å². The number of fused-ring (bicyclic) bond motifs is 1. The van der Waals surface area contributed by atoms with Gasteiger partial charge in [-0.15, -0.1) is 0 Å². The molecule has 3 atom stereocenters. The van der Waals surface area contributed by atoms with Crippen LogP contribution in [0.2, 0.25) is 0 Å². The van der Waals surface area contributed by atoms with Gasteiger partial charge in [0.25, 0.3) is 0 Å². The Balaban J connectivity index is 1.78. The molecule has 0 N–H and O–H groups in total. The fourth-order valence-corrected chi connectivity index (χ4v) is 4.00. The number of carbonyl (C=O) groups excluding carboxylic acids is 1. The van der Waals surface area contributed by atoms with Crippen molar-refractivity contribution in [2.24, 2.45) is 11.8 Å². The first kappa shape index (κ1) is 14.5. The predicted molar refractivity (Wildman–Crippen MR) is 75.3 cm³/mol. The van der Waals surface area contributed by atoms with Crippen molar-refractivity contribution < 1.29 is 18.3 Å². The van der Waals surface area contributed by atoms with Gasteiger partial charge in [-0.05, 0) is 61.1 Å². The number of hydrogen-bond donors (Lipinski definition) is 0. The van der Waals surface area contributed by atoms with Gasteiger partial charge in [-0.3, -0.25) is 4.79 Å². The van der Waals surface area contributed by atoms with Gasteiger partial charge in [0.1, 0.15) is 5.78 Å². The zero-order valence-corrected chi connectivity index (χ0v) is 12.2. The zero-order valence-electron chi connectivity index (χ0n) is 12.2. The normalized spacial score (nSPS) is 29.1. The summed E-state index contributed by atoms with van der Waals surface area (Å²) in [6, 6.07) is 2.81. The van der Waals surface area contributed by atoms with Crippen molar-refractivity contribution in [3.8, 4) is 5.75 Å². The Morgan fingerprint density at radius 2 is 1.81 bits per heavy atom. The summed E-state index contributed by atoms with van der Waals surface area (Å²) in [6.07, 6.45) is 5.11. The molecule has 0 heterocycles. The Kier molecular flexibility index (Phi) is 3.96. The van der Waals surface area contributed by atoms with Crippen LogP contribution in [0, 0.1) is 23.5 Å². The van der Waals surface area contributed by atoms with Crippen LogP contribution in [-0.2, 0) is 4.79 Å². The van der Waals surface area contributed by atoms with E-state index < -0.39 is 11.6 Å². The van der Waals surface area contributed by atoms with E-state index in [1.54, 1.807) is 0 Å². The van der Waals surface area contributed by atoms with Gasteiger partial charge in [0.15, 0.2) is 17.4 Å². The number of hydrogen-bond acceptors (Lipinski definition) is 2. The van der Waals surface area contributed by atoms with E-state index in [1.807, 2.05) is 0 Å². The highest BCUT2D eigenvalue weighted by Gasteiger charge is 2.35. The molecule has 0 radical (unpaired) electrons. The number of benzene rings is 1. The molecule has 3 unspecified atom stereocenters. The Labute approximate surface area is 123 Å². The topological polar surface area (TPSA) is 26.3 Å². The molecule has 0 aromatic heterocycles. The maximum absolute atomic E-state index is 13.8. The molecule has 114 valence electrons. The molecule has 0 aliphatic heterocycles. The van der Waals surface area contributed by atoms with Gasteiger partial charge in [0.2, 0.25) is 0 Å². The highest BCUT2D eigenvalue weighted by Crippen LogP contribution is 2.45. The van der Waals surface area contributed by atoms with Crippen LogP contribution in [0.15, 0.2) is 12.1 Å². The molecular weight excluding hydrogens is 274 g/mol. The third-order valence-electron chi connectivity index (χ3n) is 5.12. The lowest BCUT2D eigenvalue weighted by molar-refractivity contribution is -0.123. The molecule has 1 aromatic rings. The lowest BCUT2D eigenvalue weighted by Gasteiger charge is -2.39. The van der Waals surface area contributed by atoms with E-state index in [9.17, 15) is 13.6 Å². The first-order chi connectivity index (χ1) is 10.1. The Morgan fingerprint density at radius 1 is 1.10 bits per heavy atom. The molecule has 1 aromatic carbocycles. The molecule has 3 rings (SSSR count). The molecule has 0 spiro atoms. The lowest BCUT2D eigenvalue weighted by atomic mass is 9.66. The summed E-state index contributed by atoms with van der Waals surface area (Å²) in [7, 11) is 1.27. The van der Waals surface area contributed by atoms with Crippen molar-refractivity contribution in [1.29, 1.82) is 0 Å². The molecule has 4 heteroatoms. The molecule has 0 saturated heterocycles. The van der Waals surface area contributed by atoms with Crippen LogP contribution in [0.25, 0.3) is 0 Å². The van der Waals surface area contributed by atoms with E-state index in [4.69, 9.17) is 4.74 Å². The zero-order chi connectivity index (χ0) is 15.0. The van der Waals surface area contributed by atoms with Crippen LogP contribution in [0.5, 0.6) is 5.75 Å². The second-order valence-electron chi connectivity index (χ2n) is 6.33. The van der Waals surface area contributed by atoms with Crippen LogP contribution >= 0.6 is 0 Å². The van der Waals surface area contributed by atoms with Crippen molar-refractivity contribution in [3.63, 3.8) is 0 Å². The van der Waals surface area contributed by atoms with E-state index in [-0.39, 0.29) is 11.7 Å². The second kappa shape index (κ2) is 5.74. The van der Waals surface area contributed by atoms with E-state index in [1.165, 1.54) is 19.2 Å². The first-order valence-corrected chi connectivity index (χ1v) is 7.63. The molecule has 0 amide bonds. The molecule has 2 aliphatic carbocycles. The van der Waals surface area contributed by atoms with Gasteiger partial charge in [-0.25, -0.2) is 8.78 Å². The Bertz CT molecular complexity index is 533. The Morgan fingerprint density at radius 3 is 2.48 bits per heavy atom. The van der Waals surface area contributed by atoms with Crippen LogP contribution < -0.4 is 4.74 Å². The number of rotatable bonds is 2. The average Bonchev–Trinajstić information content (AvgIpc) is 2.46. The van der Waals surface area contributed by atoms with E-state index in [2.05, 4.69) is 0 Å². The Hall–Kier alpha value is -1.45. The molecule has 2 fully saturated rings. The summed E-state index contributed by atoms with van der Waals surface area (Å²) >= 11 is 0. The summed E-state index contributed by atoms with van der Waals surface area (Å²) in [5, 5.41) is 0. The molecule has 2 aliphatic rings. The summed E-state index contributed by atoms with van der Waals surface area (Å²) in [5.41, 5.74) is 0.723. The average molecular weight is 294 g/mol. The van der Waals surface area contributed by atoms with Gasteiger partial charge < -0.3 is 4.74 Å². The maximum Gasteiger partial charge on any atom is 0.190 e. The maximum atomic E-state index is 13.8. The molecule has 2 nitrogen and oxygen atoms in total. The molecule has 21 heavy (non-hydrogen) atoms. The molecule has 2 saturated carbocycles. The quantitative estimate of drug-likeness (QED) is 0.816. The highest BCUT2D eigenvalue weighted by atomic mass is 19.1. The first-order valence-electron chi connectivity index (χ1n) is 7.63. The van der Waals surface area contributed by atoms with Crippen molar-refractivity contribution in [2.45, 2.75) is 44.4 Å². The van der Waals surface area contributed by atoms with Crippen molar-refractivity contribution in [2.75, 3.05) is 7.11 Å². The van der Waals surface area contributed by atoms with Crippen molar-refractivity contribution in [1.82, 2.24) is 0 Å². The fraction of sp³-hybridized carbons (Fsp3) is 0.588. The van der Waals surface area contributed by atoms with E-state index in [0.717, 1.165) is 31.2 Å². The second-order valence-corrected chi connectivity index (χ2v) is 6.33. The third kappa shape index (κ3) is 2.81. The number of methoxy groups -OCH3 is 1. The van der Waals surface area contributed by atoms with E-state index >= 15 is 0 Å². The molecule has 0 bridgehead atoms. The minimum atomic E-state index is -0.631. The minimum Gasteiger partial charge on any atom is -0.491 e. The lowest BCUT2D eigenvalue weighted by Crippen LogP contribution is -2.30. The minimum absolute atomic E-state index is 0.189. The van der Waals surface area contributed by atoms with E-state index in [0.29, 0.717) is 30.5 Å². The summed E-state index contributed by atoms with van der Waals surface area (Å²) in [4.78, 5) is 11.5. The van der Waals surface area contributed by atoms with Gasteiger partial charge in [-0.2, -0.15) is 0 Å². The summed E-state index contributed by atoms with van der Waals surface area (Å²) in [5.74, 6) is -0.00620. The summed E-state index contributed by atoms with van der Waals surface area (Å²) < 4.78 is 32.4. The van der Waals surface area contributed by atoms with Gasteiger partial charge in [-0.1, -0.05) is 0 Å². The van der Waals surface area contributed by atoms with Crippen LogP contribution in [0.4, 0.5) is 8.78 Å². The van der Waals surface area contributed by atoms with Gasteiger partial charge in [0, 0.05) is 12.8 Å². The highest BCUT2D eigenvalue weighted by molar-refractivity contribution is 5.79. The predicted octanol–water partition coefficient (Wildman–Crippen LogP) is 4.23. The van der Waals surface area contributed by atoms with Crippen LogP contribution in [-0.4, -0.2) is 12.9 Å². The summed E-state index contributed by atoms with van der Waals surface area (Å²) in [6.45, 7) is 0. The largest absolute Gasteiger partial charge is 0.491 e. The monoisotopic (exact) mass is 294 g/mol. The number of ketones is 1. The number of halogens is 2. The van der Waals surface area contributed by atoms with Crippen LogP contribution in [0.3, 0.4) is 0 Å². The van der Waals surface area contributed by atoms with Crippen molar-refractivity contribution in [3.05, 3.63) is 29.3 Å². The SMILES string of the molecule is COc1c(F)cc(C2CCC3CC(=O)CCC3C2)cc1F. The smallest absolute Gasteiger partial charge is 0.190 e.